The fourth-order valence-electron chi connectivity index (χ4n) is 1.39. The van der Waals surface area contributed by atoms with Crippen molar-refractivity contribution in [1.29, 1.82) is 0 Å². The summed E-state index contributed by atoms with van der Waals surface area (Å²) >= 11 is 0. The van der Waals surface area contributed by atoms with Crippen LogP contribution < -0.4 is 5.73 Å². The van der Waals surface area contributed by atoms with E-state index in [-0.39, 0.29) is 0 Å². The first-order chi connectivity index (χ1) is 6.66. The van der Waals surface area contributed by atoms with Crippen molar-refractivity contribution >= 4 is 5.69 Å². The van der Waals surface area contributed by atoms with E-state index in [1.165, 1.54) is 0 Å². The summed E-state index contributed by atoms with van der Waals surface area (Å²) in [6, 6.07) is 5.92. The highest BCUT2D eigenvalue weighted by Crippen LogP contribution is 2.24. The van der Waals surface area contributed by atoms with E-state index in [0.717, 1.165) is 22.5 Å². The average molecular weight is 188 g/mol. The predicted molar refractivity (Wildman–Crippen MR) is 55.6 cm³/mol. The zero-order valence-electron chi connectivity index (χ0n) is 8.23. The standard InChI is InChI=1S/C10H12N4/c1-7-3-4-8(9(11)5-7)10-6-14(2)13-12-10/h3-6H,11H2,1-2H3. The van der Waals surface area contributed by atoms with Gasteiger partial charge in [-0.3, -0.25) is 4.68 Å². The van der Waals surface area contributed by atoms with E-state index in [0.29, 0.717) is 0 Å². The van der Waals surface area contributed by atoms with Gasteiger partial charge < -0.3 is 5.73 Å². The number of benzene rings is 1. The third kappa shape index (κ3) is 1.46. The quantitative estimate of drug-likeness (QED) is 0.688. The molecule has 4 nitrogen and oxygen atoms in total. The summed E-state index contributed by atoms with van der Waals surface area (Å²) in [6.07, 6.45) is 1.85. The van der Waals surface area contributed by atoms with Gasteiger partial charge in [0.25, 0.3) is 0 Å². The topological polar surface area (TPSA) is 56.7 Å². The number of nitrogens with two attached hydrogens (primary N) is 1. The number of nitrogen functional groups attached to an aromatic ring is 1. The van der Waals surface area contributed by atoms with Gasteiger partial charge in [0.15, 0.2) is 0 Å². The molecule has 0 bridgehead atoms. The van der Waals surface area contributed by atoms with Crippen LogP contribution in [0.3, 0.4) is 0 Å². The molecule has 0 fully saturated rings. The van der Waals surface area contributed by atoms with Crippen LogP contribution >= 0.6 is 0 Å². The van der Waals surface area contributed by atoms with Gasteiger partial charge in [0.05, 0.1) is 6.20 Å². The van der Waals surface area contributed by atoms with E-state index in [1.807, 2.05) is 38.4 Å². The molecule has 0 aliphatic carbocycles. The largest absolute Gasteiger partial charge is 0.398 e. The molecule has 1 heterocycles. The van der Waals surface area contributed by atoms with Crippen LogP contribution in [0.4, 0.5) is 5.69 Å². The second-order valence-corrected chi connectivity index (χ2v) is 3.37. The number of anilines is 1. The first-order valence-electron chi connectivity index (χ1n) is 4.39. The monoisotopic (exact) mass is 188 g/mol. The van der Waals surface area contributed by atoms with Gasteiger partial charge in [-0.2, -0.15) is 0 Å². The van der Waals surface area contributed by atoms with Crippen LogP contribution in [0, 0.1) is 6.92 Å². The molecule has 1 aromatic carbocycles. The molecule has 14 heavy (non-hydrogen) atoms. The molecule has 72 valence electrons. The molecule has 2 N–H and O–H groups in total. The highest BCUT2D eigenvalue weighted by molar-refractivity contribution is 5.73. The van der Waals surface area contributed by atoms with Crippen molar-refractivity contribution in [3.8, 4) is 11.3 Å². The zero-order valence-corrected chi connectivity index (χ0v) is 8.23. The lowest BCUT2D eigenvalue weighted by molar-refractivity contribution is 0.715. The molecule has 0 atom stereocenters. The number of hydrogen-bond acceptors (Lipinski definition) is 3. The SMILES string of the molecule is Cc1ccc(-c2cn(C)nn2)c(N)c1. The molecular weight excluding hydrogens is 176 g/mol. The van der Waals surface area contributed by atoms with Crippen LogP contribution in [0.2, 0.25) is 0 Å². The Morgan fingerprint density at radius 2 is 2.14 bits per heavy atom. The predicted octanol–water partition coefficient (Wildman–Crippen LogP) is 1.37. The fourth-order valence-corrected chi connectivity index (χ4v) is 1.39. The molecule has 0 amide bonds. The molecule has 0 aliphatic rings. The Morgan fingerprint density at radius 3 is 2.71 bits per heavy atom. The molecule has 0 radical (unpaired) electrons. The van der Waals surface area contributed by atoms with E-state index in [4.69, 9.17) is 5.73 Å². The fraction of sp³-hybridized carbons (Fsp3) is 0.200. The molecule has 4 heteroatoms. The molecule has 2 aromatic rings. The van der Waals surface area contributed by atoms with Crippen LogP contribution in [0.1, 0.15) is 5.56 Å². The van der Waals surface area contributed by atoms with Crippen LogP contribution in [0.5, 0.6) is 0 Å². The number of nitrogens with zero attached hydrogens (tertiary/aromatic N) is 3. The first kappa shape index (κ1) is 8.74. The minimum Gasteiger partial charge on any atom is -0.398 e. The summed E-state index contributed by atoms with van der Waals surface area (Å²) in [5.41, 5.74) is 9.52. The lowest BCUT2D eigenvalue weighted by atomic mass is 10.1. The summed E-state index contributed by atoms with van der Waals surface area (Å²) in [5.74, 6) is 0. The van der Waals surface area contributed by atoms with Gasteiger partial charge in [0.1, 0.15) is 5.69 Å². The minimum atomic E-state index is 0.741. The van der Waals surface area contributed by atoms with Crippen molar-refractivity contribution in [2.75, 3.05) is 5.73 Å². The van der Waals surface area contributed by atoms with Crippen LogP contribution in [0.15, 0.2) is 24.4 Å². The van der Waals surface area contributed by atoms with E-state index >= 15 is 0 Å². The Morgan fingerprint density at radius 1 is 1.36 bits per heavy atom. The van der Waals surface area contributed by atoms with Gasteiger partial charge in [-0.05, 0) is 18.6 Å². The summed E-state index contributed by atoms with van der Waals surface area (Å²) in [7, 11) is 1.83. The molecular formula is C10H12N4. The van der Waals surface area contributed by atoms with Crippen LogP contribution in [0.25, 0.3) is 11.3 Å². The second kappa shape index (κ2) is 3.14. The third-order valence-electron chi connectivity index (χ3n) is 2.09. The van der Waals surface area contributed by atoms with Crippen molar-refractivity contribution in [3.05, 3.63) is 30.0 Å². The van der Waals surface area contributed by atoms with Gasteiger partial charge in [-0.15, -0.1) is 5.10 Å². The smallest absolute Gasteiger partial charge is 0.115 e. The van der Waals surface area contributed by atoms with Crippen LogP contribution in [-0.2, 0) is 7.05 Å². The van der Waals surface area contributed by atoms with E-state index in [1.54, 1.807) is 4.68 Å². The minimum absolute atomic E-state index is 0.741. The second-order valence-electron chi connectivity index (χ2n) is 3.37. The lowest BCUT2D eigenvalue weighted by Crippen LogP contribution is -1.90. The summed E-state index contributed by atoms with van der Waals surface area (Å²) in [4.78, 5) is 0. The summed E-state index contributed by atoms with van der Waals surface area (Å²) in [5, 5.41) is 7.88. The van der Waals surface area contributed by atoms with Crippen LogP contribution in [-0.4, -0.2) is 15.0 Å². The summed E-state index contributed by atoms with van der Waals surface area (Å²) < 4.78 is 1.66. The molecule has 0 unspecified atom stereocenters. The molecule has 1 aromatic heterocycles. The Balaban J connectivity index is 2.52. The molecule has 0 saturated carbocycles. The molecule has 2 rings (SSSR count). The van der Waals surface area contributed by atoms with Gasteiger partial charge in [-0.25, -0.2) is 0 Å². The van der Waals surface area contributed by atoms with Gasteiger partial charge >= 0.3 is 0 Å². The number of aromatic nitrogens is 3. The Hall–Kier alpha value is -1.84. The maximum absolute atomic E-state index is 5.89. The Kier molecular flexibility index (Phi) is 1.96. The van der Waals surface area contributed by atoms with Crippen molar-refractivity contribution in [2.24, 2.45) is 7.05 Å². The highest BCUT2D eigenvalue weighted by Gasteiger charge is 2.05. The Bertz CT molecular complexity index is 459. The van der Waals surface area contributed by atoms with E-state index in [9.17, 15) is 0 Å². The lowest BCUT2D eigenvalue weighted by Gasteiger charge is -2.02. The maximum atomic E-state index is 5.89. The normalized spacial score (nSPS) is 10.4. The number of aryl methyl sites for hydroxylation is 2. The third-order valence-corrected chi connectivity index (χ3v) is 2.09. The van der Waals surface area contributed by atoms with E-state index in [2.05, 4.69) is 10.3 Å². The van der Waals surface area contributed by atoms with Gasteiger partial charge in [-0.1, -0.05) is 17.3 Å². The van der Waals surface area contributed by atoms with Crippen molar-refractivity contribution in [1.82, 2.24) is 15.0 Å². The molecule has 0 spiro atoms. The maximum Gasteiger partial charge on any atom is 0.115 e. The van der Waals surface area contributed by atoms with Crippen molar-refractivity contribution < 1.29 is 0 Å². The van der Waals surface area contributed by atoms with Crippen molar-refractivity contribution in [3.63, 3.8) is 0 Å². The van der Waals surface area contributed by atoms with Crippen molar-refractivity contribution in [2.45, 2.75) is 6.92 Å². The van der Waals surface area contributed by atoms with E-state index < -0.39 is 0 Å². The Labute approximate surface area is 82.4 Å². The zero-order chi connectivity index (χ0) is 10.1. The van der Waals surface area contributed by atoms with Gasteiger partial charge in [0, 0.05) is 18.3 Å². The average Bonchev–Trinajstić information content (AvgIpc) is 2.51. The first-order valence-corrected chi connectivity index (χ1v) is 4.39. The number of hydrogen-bond donors (Lipinski definition) is 1. The summed E-state index contributed by atoms with van der Waals surface area (Å²) in [6.45, 7) is 2.01. The number of rotatable bonds is 1. The van der Waals surface area contributed by atoms with Gasteiger partial charge in [0.2, 0.25) is 0 Å². The molecule has 0 saturated heterocycles. The highest BCUT2D eigenvalue weighted by atomic mass is 15.4. The molecule has 0 aliphatic heterocycles.